The van der Waals surface area contributed by atoms with Crippen molar-refractivity contribution in [3.05, 3.63) is 72.5 Å². The van der Waals surface area contributed by atoms with Gasteiger partial charge in [-0.1, -0.05) is 30.0 Å². The smallest absolute Gasteiger partial charge is 0.234 e. The molecule has 1 N–H and O–H groups in total. The number of carbonyl (C=O) groups is 1. The van der Waals surface area contributed by atoms with E-state index in [1.54, 1.807) is 19.4 Å². The van der Waals surface area contributed by atoms with Gasteiger partial charge in [-0.05, 0) is 55.0 Å². The number of methoxy groups -OCH3 is 1. The Labute approximate surface area is 178 Å². The lowest BCUT2D eigenvalue weighted by Crippen LogP contribution is -2.15. The van der Waals surface area contributed by atoms with Crippen LogP contribution in [0.15, 0.2) is 76.5 Å². The minimum absolute atomic E-state index is 0.113. The van der Waals surface area contributed by atoms with Crippen LogP contribution in [0, 0.1) is 6.92 Å². The summed E-state index contributed by atoms with van der Waals surface area (Å²) in [6.45, 7) is 1.96. The summed E-state index contributed by atoms with van der Waals surface area (Å²) in [5.74, 6) is 1.98. The van der Waals surface area contributed by atoms with Crippen LogP contribution < -0.4 is 10.1 Å². The van der Waals surface area contributed by atoms with Crippen LogP contribution in [0.5, 0.6) is 5.75 Å². The second-order valence-corrected chi connectivity index (χ2v) is 7.41. The van der Waals surface area contributed by atoms with E-state index in [2.05, 4.69) is 15.5 Å². The van der Waals surface area contributed by atoms with Crippen LogP contribution in [0.3, 0.4) is 0 Å². The van der Waals surface area contributed by atoms with Crippen LogP contribution in [-0.4, -0.2) is 33.5 Å². The summed E-state index contributed by atoms with van der Waals surface area (Å²) >= 11 is 1.31. The molecule has 0 aliphatic carbocycles. The van der Waals surface area contributed by atoms with Crippen LogP contribution >= 0.6 is 11.8 Å². The van der Waals surface area contributed by atoms with Crippen molar-refractivity contribution in [1.82, 2.24) is 14.8 Å². The molecule has 0 unspecified atom stereocenters. The normalized spacial score (nSPS) is 10.7. The highest BCUT2D eigenvalue weighted by atomic mass is 32.2. The number of nitrogens with zero attached hydrogens (tertiary/aromatic N) is 3. The molecular formula is C22H20N4O3S. The first-order chi connectivity index (χ1) is 14.7. The number of thioether (sulfide) groups is 1. The van der Waals surface area contributed by atoms with Gasteiger partial charge in [0.1, 0.15) is 5.75 Å². The standard InChI is InChI=1S/C22H20N4O3S/c1-15-6-3-4-7-18(15)23-20(27)14-30-22-25-24-21(19-8-5-13-29-19)26(22)16-9-11-17(28-2)12-10-16/h3-13H,14H2,1-2H3,(H,23,27). The molecule has 2 heterocycles. The maximum atomic E-state index is 12.5. The van der Waals surface area contributed by atoms with E-state index in [-0.39, 0.29) is 11.7 Å². The molecule has 0 aliphatic rings. The van der Waals surface area contributed by atoms with Crippen molar-refractivity contribution in [3.8, 4) is 23.0 Å². The molecule has 0 spiro atoms. The van der Waals surface area contributed by atoms with Gasteiger partial charge < -0.3 is 14.5 Å². The Hall–Kier alpha value is -3.52. The molecule has 0 saturated carbocycles. The van der Waals surface area contributed by atoms with E-state index in [1.165, 1.54) is 11.8 Å². The highest BCUT2D eigenvalue weighted by Gasteiger charge is 2.19. The summed E-state index contributed by atoms with van der Waals surface area (Å²) in [6, 6.07) is 18.8. The van der Waals surface area contributed by atoms with Gasteiger partial charge in [-0.3, -0.25) is 9.36 Å². The lowest BCUT2D eigenvalue weighted by Gasteiger charge is -2.11. The fourth-order valence-electron chi connectivity index (χ4n) is 2.92. The molecule has 0 saturated heterocycles. The van der Waals surface area contributed by atoms with E-state index in [1.807, 2.05) is 66.1 Å². The predicted octanol–water partition coefficient (Wildman–Crippen LogP) is 4.58. The number of anilines is 1. The van der Waals surface area contributed by atoms with Crippen molar-refractivity contribution in [3.63, 3.8) is 0 Å². The number of hydrogen-bond acceptors (Lipinski definition) is 6. The number of furan rings is 1. The molecule has 7 nitrogen and oxygen atoms in total. The SMILES string of the molecule is COc1ccc(-n2c(SCC(=O)Nc3ccccc3C)nnc2-c2ccco2)cc1. The fraction of sp³-hybridized carbons (Fsp3) is 0.136. The minimum atomic E-state index is -0.113. The Morgan fingerprint density at radius 1 is 1.10 bits per heavy atom. The molecule has 0 fully saturated rings. The monoisotopic (exact) mass is 420 g/mol. The number of aryl methyl sites for hydroxylation is 1. The van der Waals surface area contributed by atoms with Gasteiger partial charge in [-0.2, -0.15) is 0 Å². The van der Waals surface area contributed by atoms with Crippen molar-refractivity contribution in [1.29, 1.82) is 0 Å². The van der Waals surface area contributed by atoms with E-state index in [9.17, 15) is 4.79 Å². The molecule has 2 aromatic heterocycles. The van der Waals surface area contributed by atoms with Gasteiger partial charge in [0, 0.05) is 5.69 Å². The average Bonchev–Trinajstić information content (AvgIpc) is 3.44. The molecule has 0 bridgehead atoms. The highest BCUT2D eigenvalue weighted by molar-refractivity contribution is 7.99. The van der Waals surface area contributed by atoms with Crippen LogP contribution in [0.2, 0.25) is 0 Å². The third-order valence-corrected chi connectivity index (χ3v) is 5.39. The van der Waals surface area contributed by atoms with Gasteiger partial charge in [0.2, 0.25) is 11.7 Å². The number of ether oxygens (including phenoxy) is 1. The number of amides is 1. The van der Waals surface area contributed by atoms with Gasteiger partial charge in [-0.15, -0.1) is 10.2 Å². The van der Waals surface area contributed by atoms with Crippen LogP contribution in [0.1, 0.15) is 5.56 Å². The zero-order valence-electron chi connectivity index (χ0n) is 16.5. The first-order valence-corrected chi connectivity index (χ1v) is 10.3. The van der Waals surface area contributed by atoms with E-state index in [4.69, 9.17) is 9.15 Å². The third kappa shape index (κ3) is 4.23. The van der Waals surface area contributed by atoms with Crippen molar-refractivity contribution in [2.24, 2.45) is 0 Å². The maximum Gasteiger partial charge on any atom is 0.234 e. The molecular weight excluding hydrogens is 400 g/mol. The number of hydrogen-bond donors (Lipinski definition) is 1. The quantitative estimate of drug-likeness (QED) is 0.441. The summed E-state index contributed by atoms with van der Waals surface area (Å²) in [7, 11) is 1.62. The van der Waals surface area contributed by atoms with Crippen molar-refractivity contribution in [2.45, 2.75) is 12.1 Å². The molecule has 30 heavy (non-hydrogen) atoms. The molecule has 0 radical (unpaired) electrons. The number of rotatable bonds is 7. The maximum absolute atomic E-state index is 12.5. The predicted molar refractivity (Wildman–Crippen MR) is 116 cm³/mol. The van der Waals surface area contributed by atoms with Crippen LogP contribution in [0.4, 0.5) is 5.69 Å². The molecule has 0 aliphatic heterocycles. The number of nitrogens with one attached hydrogen (secondary N) is 1. The van der Waals surface area contributed by atoms with E-state index < -0.39 is 0 Å². The van der Waals surface area contributed by atoms with Crippen molar-refractivity contribution < 1.29 is 13.9 Å². The van der Waals surface area contributed by atoms with Crippen molar-refractivity contribution in [2.75, 3.05) is 18.2 Å². The van der Waals surface area contributed by atoms with Gasteiger partial charge in [0.05, 0.1) is 24.8 Å². The topological polar surface area (TPSA) is 82.2 Å². The summed E-state index contributed by atoms with van der Waals surface area (Å²) in [6.07, 6.45) is 1.59. The minimum Gasteiger partial charge on any atom is -0.497 e. The zero-order chi connectivity index (χ0) is 20.9. The lowest BCUT2D eigenvalue weighted by atomic mass is 10.2. The Balaban J connectivity index is 1.58. The average molecular weight is 420 g/mol. The molecule has 152 valence electrons. The highest BCUT2D eigenvalue weighted by Crippen LogP contribution is 2.29. The summed E-state index contributed by atoms with van der Waals surface area (Å²) in [4.78, 5) is 12.5. The second kappa shape index (κ2) is 8.87. The van der Waals surface area contributed by atoms with E-state index in [0.717, 1.165) is 22.7 Å². The van der Waals surface area contributed by atoms with Gasteiger partial charge >= 0.3 is 0 Å². The molecule has 4 aromatic rings. The first-order valence-electron chi connectivity index (χ1n) is 9.27. The van der Waals surface area contributed by atoms with E-state index >= 15 is 0 Å². The number of para-hydroxylation sites is 1. The largest absolute Gasteiger partial charge is 0.497 e. The summed E-state index contributed by atoms with van der Waals surface area (Å²) in [5.41, 5.74) is 2.65. The Bertz CT molecular complexity index is 1140. The fourth-order valence-corrected chi connectivity index (χ4v) is 3.67. The number of benzene rings is 2. The van der Waals surface area contributed by atoms with Crippen LogP contribution in [-0.2, 0) is 4.79 Å². The number of aromatic nitrogens is 3. The molecule has 4 rings (SSSR count). The van der Waals surface area contributed by atoms with Crippen molar-refractivity contribution >= 4 is 23.4 Å². The second-order valence-electron chi connectivity index (χ2n) is 6.47. The number of carbonyl (C=O) groups excluding carboxylic acids is 1. The Kier molecular flexibility index (Phi) is 5.85. The Morgan fingerprint density at radius 2 is 1.90 bits per heavy atom. The molecule has 0 atom stereocenters. The van der Waals surface area contributed by atoms with E-state index in [0.29, 0.717) is 16.7 Å². The molecule has 2 aromatic carbocycles. The van der Waals surface area contributed by atoms with Gasteiger partial charge in [-0.25, -0.2) is 0 Å². The summed E-state index contributed by atoms with van der Waals surface area (Å²) < 4.78 is 12.6. The van der Waals surface area contributed by atoms with Gasteiger partial charge in [0.15, 0.2) is 10.9 Å². The Morgan fingerprint density at radius 3 is 2.60 bits per heavy atom. The first kappa shape index (κ1) is 19.8. The lowest BCUT2D eigenvalue weighted by molar-refractivity contribution is -0.113. The summed E-state index contributed by atoms with van der Waals surface area (Å²) in [5, 5.41) is 12.1. The molecule has 8 heteroatoms. The third-order valence-electron chi connectivity index (χ3n) is 4.46. The van der Waals surface area contributed by atoms with Gasteiger partial charge in [0.25, 0.3) is 0 Å². The van der Waals surface area contributed by atoms with Crippen LogP contribution in [0.25, 0.3) is 17.3 Å². The zero-order valence-corrected chi connectivity index (χ0v) is 17.3. The molecule has 1 amide bonds.